The van der Waals surface area contributed by atoms with Crippen LogP contribution in [0, 0.1) is 6.92 Å². The van der Waals surface area contributed by atoms with Crippen LogP contribution in [-0.4, -0.2) is 28.4 Å². The van der Waals surface area contributed by atoms with Crippen LogP contribution in [0.25, 0.3) is 0 Å². The van der Waals surface area contributed by atoms with Crippen molar-refractivity contribution in [1.29, 1.82) is 0 Å². The molecule has 0 aliphatic heterocycles. The second kappa shape index (κ2) is 22.6. The fraction of sp³-hybridized carbons (Fsp3) is 0.690. The fourth-order valence-electron chi connectivity index (χ4n) is 4.05. The lowest BCUT2D eigenvalue weighted by atomic mass is 10.0. The summed E-state index contributed by atoms with van der Waals surface area (Å²) in [4.78, 5) is 31.4. The summed E-state index contributed by atoms with van der Waals surface area (Å²) in [5, 5.41) is 17.4. The molecule has 5 nitrogen and oxygen atoms in total. The molecule has 1 aromatic rings. The van der Waals surface area contributed by atoms with Gasteiger partial charge in [0, 0.05) is 6.42 Å². The molecule has 1 aromatic carbocycles. The number of rotatable bonds is 20. The average molecular weight is 477 g/mol. The third kappa shape index (κ3) is 17.3. The Bertz CT molecular complexity index is 636. The summed E-state index contributed by atoms with van der Waals surface area (Å²) in [6.45, 7) is 3.76. The number of carbonyl (C=O) groups is 3. The quantitative estimate of drug-likeness (QED) is 0.145. The highest BCUT2D eigenvalue weighted by atomic mass is 16.4. The number of unbranched alkanes of at least 4 members (excludes halogenated alkanes) is 17. The lowest BCUT2D eigenvalue weighted by molar-refractivity contribution is -0.107. The number of carbonyl (C=O) groups excluding carboxylic acids is 1. The molecule has 2 N–H and O–H groups in total. The molecule has 0 aliphatic carbocycles. The number of aldehydes is 1. The van der Waals surface area contributed by atoms with Crippen molar-refractivity contribution in [3.63, 3.8) is 0 Å². The molecule has 0 aliphatic rings. The number of hydrogen-bond donors (Lipinski definition) is 2. The number of carboxylic acids is 2. The lowest BCUT2D eigenvalue weighted by Crippen LogP contribution is -2.06. The molecule has 34 heavy (non-hydrogen) atoms. The Morgan fingerprint density at radius 1 is 0.647 bits per heavy atom. The van der Waals surface area contributed by atoms with Gasteiger partial charge in [-0.1, -0.05) is 116 Å². The standard InChI is InChI=1S/C20H40O.C9H8O4/c1-2-3-4-5-6-7-8-9-10-11-12-13-14-15-16-17-18-19-20-21;1-5-6(8(10)11)3-2-4-7(5)9(12)13/h20H,2-19H2,1H3;2-4H,1H3,(H,10,11)(H,12,13). The zero-order valence-electron chi connectivity index (χ0n) is 21.7. The maximum Gasteiger partial charge on any atom is 0.335 e. The predicted molar refractivity (Wildman–Crippen MR) is 140 cm³/mol. The summed E-state index contributed by atoms with van der Waals surface area (Å²) >= 11 is 0. The maximum atomic E-state index is 10.6. The first-order valence-electron chi connectivity index (χ1n) is 13.5. The molecule has 0 atom stereocenters. The van der Waals surface area contributed by atoms with Crippen molar-refractivity contribution in [2.75, 3.05) is 0 Å². The second-order valence-electron chi connectivity index (χ2n) is 9.20. The van der Waals surface area contributed by atoms with Crippen LogP contribution in [0.15, 0.2) is 18.2 Å². The average Bonchev–Trinajstić information content (AvgIpc) is 2.81. The summed E-state index contributed by atoms with van der Waals surface area (Å²) in [5.74, 6) is -2.22. The Kier molecular flexibility index (Phi) is 21.2. The Labute approximate surface area is 207 Å². The molecule has 0 saturated carbocycles. The minimum atomic E-state index is -1.11. The molecule has 5 heteroatoms. The molecule has 0 fully saturated rings. The number of carboxylic acid groups (broad SMARTS) is 2. The van der Waals surface area contributed by atoms with Gasteiger partial charge in [0.2, 0.25) is 0 Å². The van der Waals surface area contributed by atoms with Crippen molar-refractivity contribution in [3.8, 4) is 0 Å². The van der Waals surface area contributed by atoms with E-state index < -0.39 is 11.9 Å². The van der Waals surface area contributed by atoms with Crippen molar-refractivity contribution >= 4 is 18.2 Å². The molecule has 0 heterocycles. The predicted octanol–water partition coefficient (Wildman–Crippen LogP) is 8.62. The molecule has 0 spiro atoms. The molecule has 0 unspecified atom stereocenters. The topological polar surface area (TPSA) is 91.7 Å². The van der Waals surface area contributed by atoms with Gasteiger partial charge < -0.3 is 15.0 Å². The smallest absolute Gasteiger partial charge is 0.335 e. The SMILES string of the molecule is CCCCCCCCCCCCCCCCCCCC=O.Cc1c(C(=O)O)cccc1C(=O)O. The van der Waals surface area contributed by atoms with Gasteiger partial charge in [0.05, 0.1) is 11.1 Å². The van der Waals surface area contributed by atoms with E-state index in [-0.39, 0.29) is 16.7 Å². The van der Waals surface area contributed by atoms with Gasteiger partial charge >= 0.3 is 11.9 Å². The first-order valence-corrected chi connectivity index (χ1v) is 13.5. The summed E-state index contributed by atoms with van der Waals surface area (Å²) in [6.07, 6.45) is 25.5. The molecule has 0 bridgehead atoms. The minimum absolute atomic E-state index is 0.0277. The van der Waals surface area contributed by atoms with E-state index >= 15 is 0 Å². The van der Waals surface area contributed by atoms with Gasteiger partial charge in [-0.15, -0.1) is 0 Å². The fourth-order valence-corrected chi connectivity index (χ4v) is 4.05. The van der Waals surface area contributed by atoms with Gasteiger partial charge in [0.15, 0.2) is 0 Å². The van der Waals surface area contributed by atoms with E-state index in [1.807, 2.05) is 0 Å². The van der Waals surface area contributed by atoms with E-state index in [4.69, 9.17) is 10.2 Å². The third-order valence-electron chi connectivity index (χ3n) is 6.22. The second-order valence-corrected chi connectivity index (χ2v) is 9.20. The zero-order valence-corrected chi connectivity index (χ0v) is 21.7. The summed E-state index contributed by atoms with van der Waals surface area (Å²) < 4.78 is 0. The monoisotopic (exact) mass is 476 g/mol. The van der Waals surface area contributed by atoms with Crippen molar-refractivity contribution in [1.82, 2.24) is 0 Å². The summed E-state index contributed by atoms with van der Waals surface area (Å²) in [5.41, 5.74) is 0.335. The van der Waals surface area contributed by atoms with Crippen molar-refractivity contribution in [2.45, 2.75) is 129 Å². The molecule has 194 valence electrons. The maximum absolute atomic E-state index is 10.6. The first-order chi connectivity index (χ1) is 16.5. The first kappa shape index (κ1) is 31.8. The number of aromatic carboxylic acids is 2. The highest BCUT2D eigenvalue weighted by molar-refractivity contribution is 5.96. The molecule has 0 amide bonds. The van der Waals surface area contributed by atoms with Gasteiger partial charge in [0.25, 0.3) is 0 Å². The van der Waals surface area contributed by atoms with E-state index in [1.54, 1.807) is 0 Å². The Morgan fingerprint density at radius 2 is 0.971 bits per heavy atom. The van der Waals surface area contributed by atoms with Gasteiger partial charge in [0.1, 0.15) is 6.29 Å². The molecule has 0 saturated heterocycles. The normalized spacial score (nSPS) is 10.4. The van der Waals surface area contributed by atoms with Gasteiger partial charge in [-0.2, -0.15) is 0 Å². The molecule has 0 radical (unpaired) electrons. The van der Waals surface area contributed by atoms with Crippen LogP contribution in [0.1, 0.15) is 149 Å². The van der Waals surface area contributed by atoms with E-state index in [0.29, 0.717) is 0 Å². The highest BCUT2D eigenvalue weighted by Gasteiger charge is 2.13. The van der Waals surface area contributed by atoms with E-state index in [1.165, 1.54) is 128 Å². The lowest BCUT2D eigenvalue weighted by Gasteiger charge is -2.03. The van der Waals surface area contributed by atoms with Crippen LogP contribution in [0.5, 0.6) is 0 Å². The van der Waals surface area contributed by atoms with Crippen LogP contribution in [0.3, 0.4) is 0 Å². The molecular formula is C29H48O5. The van der Waals surface area contributed by atoms with Crippen molar-refractivity contribution in [3.05, 3.63) is 34.9 Å². The van der Waals surface area contributed by atoms with Crippen LogP contribution in [0.2, 0.25) is 0 Å². The highest BCUT2D eigenvalue weighted by Crippen LogP contribution is 2.15. The molecule has 1 rings (SSSR count). The van der Waals surface area contributed by atoms with Gasteiger partial charge in [-0.25, -0.2) is 9.59 Å². The van der Waals surface area contributed by atoms with Crippen molar-refractivity contribution in [2.24, 2.45) is 0 Å². The van der Waals surface area contributed by atoms with E-state index in [0.717, 1.165) is 19.1 Å². The number of benzene rings is 1. The summed E-state index contributed by atoms with van der Waals surface area (Å²) in [6, 6.07) is 4.17. The Balaban J connectivity index is 0.000000712. The molecular weight excluding hydrogens is 428 g/mol. The number of hydrogen-bond acceptors (Lipinski definition) is 3. The van der Waals surface area contributed by atoms with E-state index in [2.05, 4.69) is 6.92 Å². The molecule has 0 aromatic heterocycles. The Hall–Kier alpha value is -2.17. The van der Waals surface area contributed by atoms with Gasteiger partial charge in [-0.05, 0) is 31.0 Å². The van der Waals surface area contributed by atoms with Crippen molar-refractivity contribution < 1.29 is 24.6 Å². The van der Waals surface area contributed by atoms with E-state index in [9.17, 15) is 14.4 Å². The third-order valence-corrected chi connectivity index (χ3v) is 6.22. The summed E-state index contributed by atoms with van der Waals surface area (Å²) in [7, 11) is 0. The van der Waals surface area contributed by atoms with Gasteiger partial charge in [-0.3, -0.25) is 0 Å². The van der Waals surface area contributed by atoms with Crippen LogP contribution in [0.4, 0.5) is 0 Å². The largest absolute Gasteiger partial charge is 0.478 e. The van der Waals surface area contributed by atoms with Crippen LogP contribution < -0.4 is 0 Å². The Morgan fingerprint density at radius 3 is 1.26 bits per heavy atom. The minimum Gasteiger partial charge on any atom is -0.478 e. The van der Waals surface area contributed by atoms with Crippen LogP contribution >= 0.6 is 0 Å². The van der Waals surface area contributed by atoms with Crippen LogP contribution in [-0.2, 0) is 4.79 Å². The zero-order chi connectivity index (χ0) is 25.4.